The van der Waals surface area contributed by atoms with Crippen LogP contribution in [-0.4, -0.2) is 40.9 Å². The molecule has 0 amide bonds. The molecular weight excluding hydrogens is 326 g/mol. The molecule has 1 unspecified atom stereocenters. The van der Waals surface area contributed by atoms with E-state index in [1.807, 2.05) is 38.1 Å². The maximum Gasteiger partial charge on any atom is 0.160 e. The first-order chi connectivity index (χ1) is 12.6. The van der Waals surface area contributed by atoms with Crippen LogP contribution in [0.25, 0.3) is 22.3 Å². The molecule has 2 aromatic heterocycles. The van der Waals surface area contributed by atoms with Crippen LogP contribution in [0.5, 0.6) is 5.75 Å². The van der Waals surface area contributed by atoms with Gasteiger partial charge in [0.1, 0.15) is 5.75 Å². The molecule has 26 heavy (non-hydrogen) atoms. The topological polar surface area (TPSA) is 67.3 Å². The molecule has 0 saturated carbocycles. The van der Waals surface area contributed by atoms with Gasteiger partial charge in [0.2, 0.25) is 0 Å². The molecule has 3 heterocycles. The highest BCUT2D eigenvalue weighted by atomic mass is 16.5. The molecule has 0 radical (unpaired) electrons. The molecule has 5 heteroatoms. The van der Waals surface area contributed by atoms with Gasteiger partial charge in [-0.05, 0) is 55.3 Å². The van der Waals surface area contributed by atoms with E-state index in [2.05, 4.69) is 11.4 Å². The van der Waals surface area contributed by atoms with Crippen LogP contribution in [0.2, 0.25) is 0 Å². The molecule has 1 aliphatic rings. The van der Waals surface area contributed by atoms with Crippen LogP contribution in [0.4, 0.5) is 0 Å². The number of aryl methyl sites for hydroxylation is 2. The molecule has 0 aliphatic carbocycles. The van der Waals surface area contributed by atoms with E-state index in [0.717, 1.165) is 59.6 Å². The lowest BCUT2D eigenvalue weighted by atomic mass is 10.0. The number of hydrogen-bond acceptors (Lipinski definition) is 5. The monoisotopic (exact) mass is 349 g/mol. The molecular formula is C21H23N3O2. The number of aromatic nitrogens is 2. The summed E-state index contributed by atoms with van der Waals surface area (Å²) in [7, 11) is 0. The molecule has 1 aromatic carbocycles. The number of nitrogens with one attached hydrogen (secondary N) is 1. The maximum absolute atomic E-state index is 10.4. The second-order valence-electron chi connectivity index (χ2n) is 6.92. The number of pyridine rings is 2. The lowest BCUT2D eigenvalue weighted by Gasteiger charge is -2.23. The minimum atomic E-state index is 0.153. The SMILES string of the molecule is Cc1cc(C)c(-c2ccc3ccc(CC4CNCCO4)nc3n2)c(O)c1. The zero-order valence-electron chi connectivity index (χ0n) is 15.1. The molecule has 1 saturated heterocycles. The third kappa shape index (κ3) is 3.41. The predicted octanol–water partition coefficient (Wildman–Crippen LogP) is 3.15. The van der Waals surface area contributed by atoms with Crippen molar-refractivity contribution in [3.8, 4) is 17.0 Å². The third-order valence-corrected chi connectivity index (χ3v) is 4.77. The van der Waals surface area contributed by atoms with Gasteiger partial charge in [-0.3, -0.25) is 0 Å². The van der Waals surface area contributed by atoms with Crippen LogP contribution < -0.4 is 5.32 Å². The molecule has 2 N–H and O–H groups in total. The average molecular weight is 349 g/mol. The average Bonchev–Trinajstić information content (AvgIpc) is 2.61. The van der Waals surface area contributed by atoms with Gasteiger partial charge in [-0.15, -0.1) is 0 Å². The standard InChI is InChI=1S/C21H23N3O2/c1-13-9-14(2)20(19(25)10-13)18-6-4-15-3-5-16(23-21(15)24-18)11-17-12-22-7-8-26-17/h3-6,9-10,17,22,25H,7-8,11-12H2,1-2H3. The molecule has 1 atom stereocenters. The Morgan fingerprint density at radius 1 is 1.15 bits per heavy atom. The van der Waals surface area contributed by atoms with Crippen LogP contribution >= 0.6 is 0 Å². The Morgan fingerprint density at radius 2 is 2.00 bits per heavy atom. The Morgan fingerprint density at radius 3 is 2.77 bits per heavy atom. The van der Waals surface area contributed by atoms with E-state index in [1.165, 1.54) is 0 Å². The van der Waals surface area contributed by atoms with E-state index < -0.39 is 0 Å². The number of ether oxygens (including phenoxy) is 1. The zero-order valence-corrected chi connectivity index (χ0v) is 15.1. The Hall–Kier alpha value is -2.50. The van der Waals surface area contributed by atoms with E-state index in [4.69, 9.17) is 14.7 Å². The van der Waals surface area contributed by atoms with E-state index in [-0.39, 0.29) is 11.9 Å². The van der Waals surface area contributed by atoms with E-state index in [1.54, 1.807) is 6.07 Å². The van der Waals surface area contributed by atoms with Crippen LogP contribution in [0.1, 0.15) is 16.8 Å². The summed E-state index contributed by atoms with van der Waals surface area (Å²) in [6, 6.07) is 11.9. The molecule has 0 bridgehead atoms. The molecule has 1 aliphatic heterocycles. The van der Waals surface area contributed by atoms with Gasteiger partial charge >= 0.3 is 0 Å². The fraction of sp³-hybridized carbons (Fsp3) is 0.333. The number of nitrogens with zero attached hydrogens (tertiary/aromatic N) is 2. The summed E-state index contributed by atoms with van der Waals surface area (Å²) in [5.74, 6) is 0.257. The van der Waals surface area contributed by atoms with Crippen LogP contribution in [0, 0.1) is 13.8 Å². The summed E-state index contributed by atoms with van der Waals surface area (Å²) in [5, 5.41) is 14.7. The normalized spacial score (nSPS) is 17.5. The van der Waals surface area contributed by atoms with Gasteiger partial charge in [0.15, 0.2) is 5.65 Å². The van der Waals surface area contributed by atoms with Crippen LogP contribution in [0.15, 0.2) is 36.4 Å². The molecule has 134 valence electrons. The highest BCUT2D eigenvalue weighted by Gasteiger charge is 2.16. The molecule has 3 aromatic rings. The highest BCUT2D eigenvalue weighted by molar-refractivity contribution is 5.80. The second-order valence-corrected chi connectivity index (χ2v) is 6.92. The fourth-order valence-electron chi connectivity index (χ4n) is 3.55. The van der Waals surface area contributed by atoms with Crippen molar-refractivity contribution >= 4 is 11.0 Å². The van der Waals surface area contributed by atoms with Crippen molar-refractivity contribution in [2.24, 2.45) is 0 Å². The van der Waals surface area contributed by atoms with Crippen molar-refractivity contribution in [2.75, 3.05) is 19.7 Å². The van der Waals surface area contributed by atoms with Gasteiger partial charge in [0.25, 0.3) is 0 Å². The number of rotatable bonds is 3. The first-order valence-corrected chi connectivity index (χ1v) is 9.00. The van der Waals surface area contributed by atoms with E-state index in [9.17, 15) is 5.11 Å². The first kappa shape index (κ1) is 16.9. The van der Waals surface area contributed by atoms with Crippen LogP contribution in [-0.2, 0) is 11.2 Å². The van der Waals surface area contributed by atoms with Crippen LogP contribution in [0.3, 0.4) is 0 Å². The van der Waals surface area contributed by atoms with Crippen molar-refractivity contribution in [1.29, 1.82) is 0 Å². The smallest absolute Gasteiger partial charge is 0.160 e. The van der Waals surface area contributed by atoms with Gasteiger partial charge in [-0.2, -0.15) is 0 Å². The summed E-state index contributed by atoms with van der Waals surface area (Å²) in [5.41, 5.74) is 5.22. The predicted molar refractivity (Wildman–Crippen MR) is 102 cm³/mol. The number of phenolic OH excluding ortho intramolecular Hbond substituents is 1. The Balaban J connectivity index is 1.70. The highest BCUT2D eigenvalue weighted by Crippen LogP contribution is 2.33. The van der Waals surface area contributed by atoms with E-state index in [0.29, 0.717) is 5.65 Å². The van der Waals surface area contributed by atoms with Gasteiger partial charge in [0.05, 0.1) is 18.4 Å². The zero-order chi connectivity index (χ0) is 18.1. The second kappa shape index (κ2) is 7.02. The van der Waals surface area contributed by atoms with Gasteiger partial charge in [-0.1, -0.05) is 6.07 Å². The molecule has 0 spiro atoms. The van der Waals surface area contributed by atoms with Gasteiger partial charge in [0, 0.05) is 36.2 Å². The quantitative estimate of drug-likeness (QED) is 0.760. The minimum Gasteiger partial charge on any atom is -0.507 e. The Bertz CT molecular complexity index is 926. The summed E-state index contributed by atoms with van der Waals surface area (Å²) in [6.45, 7) is 6.47. The van der Waals surface area contributed by atoms with E-state index >= 15 is 0 Å². The lowest BCUT2D eigenvalue weighted by Crippen LogP contribution is -2.39. The summed E-state index contributed by atoms with van der Waals surface area (Å²) in [6.07, 6.45) is 0.921. The van der Waals surface area contributed by atoms with Crippen molar-refractivity contribution in [3.05, 3.63) is 53.2 Å². The fourth-order valence-corrected chi connectivity index (χ4v) is 3.55. The number of aromatic hydroxyl groups is 1. The van der Waals surface area contributed by atoms with Crippen molar-refractivity contribution in [2.45, 2.75) is 26.4 Å². The van der Waals surface area contributed by atoms with Gasteiger partial charge < -0.3 is 15.2 Å². The number of benzene rings is 1. The molecule has 5 nitrogen and oxygen atoms in total. The Kier molecular flexibility index (Phi) is 4.57. The van der Waals surface area contributed by atoms with Crippen molar-refractivity contribution < 1.29 is 9.84 Å². The third-order valence-electron chi connectivity index (χ3n) is 4.77. The Labute approximate surface area is 153 Å². The summed E-state index contributed by atoms with van der Waals surface area (Å²) in [4.78, 5) is 9.45. The van der Waals surface area contributed by atoms with Crippen molar-refractivity contribution in [1.82, 2.24) is 15.3 Å². The number of phenols is 1. The summed E-state index contributed by atoms with van der Waals surface area (Å²) < 4.78 is 5.77. The maximum atomic E-state index is 10.4. The van der Waals surface area contributed by atoms with Crippen molar-refractivity contribution in [3.63, 3.8) is 0 Å². The van der Waals surface area contributed by atoms with Gasteiger partial charge in [-0.25, -0.2) is 9.97 Å². The first-order valence-electron chi connectivity index (χ1n) is 9.00. The number of fused-ring (bicyclic) bond motifs is 1. The summed E-state index contributed by atoms with van der Waals surface area (Å²) >= 11 is 0. The minimum absolute atomic E-state index is 0.153. The number of morpholine rings is 1. The molecule has 1 fully saturated rings. The largest absolute Gasteiger partial charge is 0.507 e. The lowest BCUT2D eigenvalue weighted by molar-refractivity contribution is 0.0287. The number of hydrogen-bond donors (Lipinski definition) is 2. The molecule has 4 rings (SSSR count).